The normalized spacial score (nSPS) is 18.6. The van der Waals surface area contributed by atoms with E-state index >= 15 is 0 Å². The van der Waals surface area contributed by atoms with Gasteiger partial charge >= 0.3 is 0 Å². The Bertz CT molecular complexity index is 279. The van der Waals surface area contributed by atoms with Crippen LogP contribution in [0.3, 0.4) is 0 Å². The van der Waals surface area contributed by atoms with Crippen molar-refractivity contribution in [2.75, 3.05) is 0 Å². The molecule has 0 aliphatic heterocycles. The Morgan fingerprint density at radius 3 is 2.93 bits per heavy atom. The van der Waals surface area contributed by atoms with Crippen LogP contribution in [-0.2, 0) is 6.54 Å². The summed E-state index contributed by atoms with van der Waals surface area (Å²) in [4.78, 5) is 4.60. The highest BCUT2D eigenvalue weighted by atomic mass is 32.1. The molecule has 1 fully saturated rings. The van der Waals surface area contributed by atoms with Gasteiger partial charge in [0.15, 0.2) is 0 Å². The van der Waals surface area contributed by atoms with Crippen molar-refractivity contribution in [3.05, 3.63) is 16.1 Å². The quantitative estimate of drug-likeness (QED) is 0.595. The lowest BCUT2D eigenvalue weighted by atomic mass is 9.87. The van der Waals surface area contributed by atoms with Crippen LogP contribution < -0.4 is 11.3 Å². The van der Waals surface area contributed by atoms with E-state index in [0.717, 1.165) is 5.01 Å². The summed E-state index contributed by atoms with van der Waals surface area (Å²) < 4.78 is 0. The average Bonchev–Trinajstić information content (AvgIpc) is 2.68. The van der Waals surface area contributed by atoms with Gasteiger partial charge in [0.25, 0.3) is 0 Å². The maximum atomic E-state index is 5.26. The second-order valence-electron chi connectivity index (χ2n) is 3.88. The summed E-state index contributed by atoms with van der Waals surface area (Å²) in [7, 11) is 0. The van der Waals surface area contributed by atoms with Crippen molar-refractivity contribution < 1.29 is 0 Å². The number of nitrogens with two attached hydrogens (primary N) is 1. The van der Waals surface area contributed by atoms with E-state index in [4.69, 9.17) is 5.84 Å². The van der Waals surface area contributed by atoms with Gasteiger partial charge < -0.3 is 0 Å². The largest absolute Gasteiger partial charge is 0.271 e. The molecule has 78 valence electrons. The van der Waals surface area contributed by atoms with Gasteiger partial charge in [-0.3, -0.25) is 11.3 Å². The number of aromatic nitrogens is 1. The predicted octanol–water partition coefficient (Wildman–Crippen LogP) is 2.15. The van der Waals surface area contributed by atoms with Crippen LogP contribution in [0, 0.1) is 0 Å². The van der Waals surface area contributed by atoms with E-state index in [2.05, 4.69) is 15.8 Å². The van der Waals surface area contributed by atoms with Gasteiger partial charge in [-0.05, 0) is 12.8 Å². The van der Waals surface area contributed by atoms with Gasteiger partial charge in [0.1, 0.15) is 5.01 Å². The Labute approximate surface area is 88.7 Å². The zero-order chi connectivity index (χ0) is 9.80. The van der Waals surface area contributed by atoms with Crippen LogP contribution in [0.25, 0.3) is 0 Å². The van der Waals surface area contributed by atoms with Crippen LogP contribution in [-0.4, -0.2) is 4.98 Å². The van der Waals surface area contributed by atoms with Crippen LogP contribution in [0.15, 0.2) is 5.38 Å². The molecule has 0 bridgehead atoms. The molecule has 0 saturated heterocycles. The first-order valence-corrected chi connectivity index (χ1v) is 6.16. The summed E-state index contributed by atoms with van der Waals surface area (Å²) in [5.74, 6) is 5.98. The Morgan fingerprint density at radius 2 is 2.21 bits per heavy atom. The highest BCUT2D eigenvalue weighted by molar-refractivity contribution is 7.09. The maximum absolute atomic E-state index is 5.26. The molecule has 1 saturated carbocycles. The van der Waals surface area contributed by atoms with Gasteiger partial charge in [-0.1, -0.05) is 19.3 Å². The van der Waals surface area contributed by atoms with Crippen molar-refractivity contribution in [1.29, 1.82) is 0 Å². The molecular weight excluding hydrogens is 194 g/mol. The number of hydrazine groups is 1. The molecule has 0 aromatic carbocycles. The third-order valence-corrected chi connectivity index (χ3v) is 3.71. The van der Waals surface area contributed by atoms with Crippen molar-refractivity contribution in [3.63, 3.8) is 0 Å². The Hall–Kier alpha value is -0.450. The topological polar surface area (TPSA) is 50.9 Å². The first kappa shape index (κ1) is 10.1. The summed E-state index contributed by atoms with van der Waals surface area (Å²) in [6, 6.07) is 0. The van der Waals surface area contributed by atoms with Gasteiger partial charge in [0.2, 0.25) is 0 Å². The molecule has 1 heterocycles. The summed E-state index contributed by atoms with van der Waals surface area (Å²) in [6.45, 7) is 0.692. The molecule has 1 aliphatic rings. The fraction of sp³-hybridized carbons (Fsp3) is 0.700. The fourth-order valence-corrected chi connectivity index (χ4v) is 2.91. The van der Waals surface area contributed by atoms with Gasteiger partial charge in [-0.25, -0.2) is 4.98 Å². The highest BCUT2D eigenvalue weighted by Crippen LogP contribution is 2.32. The molecule has 1 aliphatic carbocycles. The van der Waals surface area contributed by atoms with E-state index < -0.39 is 0 Å². The molecule has 1 aromatic rings. The first-order valence-electron chi connectivity index (χ1n) is 5.28. The molecule has 0 radical (unpaired) electrons. The van der Waals surface area contributed by atoms with Gasteiger partial charge in [-0.2, -0.15) is 0 Å². The maximum Gasteiger partial charge on any atom is 0.108 e. The lowest BCUT2D eigenvalue weighted by molar-refractivity contribution is 0.437. The number of nitrogens with zero attached hydrogens (tertiary/aromatic N) is 1. The monoisotopic (exact) mass is 211 g/mol. The summed E-state index contributed by atoms with van der Waals surface area (Å²) >= 11 is 1.71. The molecule has 2 rings (SSSR count). The van der Waals surface area contributed by atoms with E-state index in [1.165, 1.54) is 37.8 Å². The Morgan fingerprint density at radius 1 is 1.43 bits per heavy atom. The zero-order valence-corrected chi connectivity index (χ0v) is 9.15. The van der Waals surface area contributed by atoms with Crippen LogP contribution in [0.4, 0.5) is 0 Å². The third kappa shape index (κ3) is 2.32. The third-order valence-electron chi connectivity index (χ3n) is 2.85. The second kappa shape index (κ2) is 4.87. The molecular formula is C10H17N3S. The average molecular weight is 211 g/mol. The number of thiazole rings is 1. The van der Waals surface area contributed by atoms with Gasteiger partial charge in [-0.15, -0.1) is 11.3 Å². The van der Waals surface area contributed by atoms with E-state index in [0.29, 0.717) is 12.5 Å². The molecule has 0 atom stereocenters. The van der Waals surface area contributed by atoms with Gasteiger partial charge in [0, 0.05) is 11.3 Å². The van der Waals surface area contributed by atoms with E-state index in [9.17, 15) is 0 Å². The molecule has 0 amide bonds. The van der Waals surface area contributed by atoms with Crippen molar-refractivity contribution in [3.8, 4) is 0 Å². The standard InChI is InChI=1S/C10H17N3S/c11-12-6-10-13-9(7-14-10)8-4-2-1-3-5-8/h7-8,12H,1-6,11H2. The molecule has 14 heavy (non-hydrogen) atoms. The van der Waals surface area contributed by atoms with E-state index in [1.807, 2.05) is 0 Å². The Balaban J connectivity index is 2.00. The lowest BCUT2D eigenvalue weighted by Gasteiger charge is -2.19. The Kier molecular flexibility index (Phi) is 3.50. The molecule has 3 nitrogen and oxygen atoms in total. The first-order chi connectivity index (χ1) is 6.90. The minimum absolute atomic E-state index is 0.692. The second-order valence-corrected chi connectivity index (χ2v) is 4.82. The summed E-state index contributed by atoms with van der Waals surface area (Å²) in [6.07, 6.45) is 6.77. The smallest absolute Gasteiger partial charge is 0.108 e. The predicted molar refractivity (Wildman–Crippen MR) is 59.0 cm³/mol. The molecule has 1 aromatic heterocycles. The van der Waals surface area contributed by atoms with E-state index in [-0.39, 0.29) is 0 Å². The summed E-state index contributed by atoms with van der Waals surface area (Å²) in [5, 5.41) is 3.30. The van der Waals surface area contributed by atoms with Crippen LogP contribution in [0.1, 0.15) is 48.7 Å². The van der Waals surface area contributed by atoms with Crippen molar-refractivity contribution in [2.45, 2.75) is 44.6 Å². The highest BCUT2D eigenvalue weighted by Gasteiger charge is 2.17. The minimum atomic E-state index is 0.692. The number of hydrogen-bond donors (Lipinski definition) is 2. The van der Waals surface area contributed by atoms with Crippen molar-refractivity contribution >= 4 is 11.3 Å². The van der Waals surface area contributed by atoms with E-state index in [1.54, 1.807) is 11.3 Å². The van der Waals surface area contributed by atoms with Crippen LogP contribution in [0.2, 0.25) is 0 Å². The fourth-order valence-electron chi connectivity index (χ4n) is 2.08. The zero-order valence-electron chi connectivity index (χ0n) is 8.33. The number of nitrogens with one attached hydrogen (secondary N) is 1. The SMILES string of the molecule is NNCc1nc(C2CCCCC2)cs1. The summed E-state index contributed by atoms with van der Waals surface area (Å²) in [5.41, 5.74) is 3.94. The lowest BCUT2D eigenvalue weighted by Crippen LogP contribution is -2.20. The van der Waals surface area contributed by atoms with Gasteiger partial charge in [0.05, 0.1) is 12.2 Å². The van der Waals surface area contributed by atoms with Crippen molar-refractivity contribution in [2.24, 2.45) is 5.84 Å². The molecule has 3 N–H and O–H groups in total. The molecule has 0 spiro atoms. The molecule has 0 unspecified atom stereocenters. The minimum Gasteiger partial charge on any atom is -0.271 e. The number of hydrogen-bond acceptors (Lipinski definition) is 4. The van der Waals surface area contributed by atoms with Crippen molar-refractivity contribution in [1.82, 2.24) is 10.4 Å². The van der Waals surface area contributed by atoms with Crippen LogP contribution >= 0.6 is 11.3 Å². The molecule has 4 heteroatoms. The number of rotatable bonds is 3. The van der Waals surface area contributed by atoms with Crippen LogP contribution in [0.5, 0.6) is 0 Å².